The Morgan fingerprint density at radius 1 is 1.11 bits per heavy atom. The SMILES string of the molecule is COC(=O)c1nc(CCN(CCO[Si](C)(C)C(C)(C)C)C(=O)c2ccccc2-n2nccn2)oc1C. The molecule has 0 aliphatic rings. The smallest absolute Gasteiger partial charge is 0.360 e. The minimum absolute atomic E-state index is 0.0557. The fraction of sp³-hybridized carbons (Fsp3) is 0.480. The molecule has 1 amide bonds. The number of aromatic nitrogens is 4. The highest BCUT2D eigenvalue weighted by atomic mass is 28.4. The van der Waals surface area contributed by atoms with E-state index in [1.165, 1.54) is 11.9 Å². The zero-order valence-electron chi connectivity index (χ0n) is 22.1. The van der Waals surface area contributed by atoms with Crippen LogP contribution in [0.5, 0.6) is 0 Å². The number of hydrogen-bond acceptors (Lipinski definition) is 8. The van der Waals surface area contributed by atoms with E-state index in [2.05, 4.69) is 49.0 Å². The van der Waals surface area contributed by atoms with Gasteiger partial charge in [0.1, 0.15) is 5.76 Å². The van der Waals surface area contributed by atoms with Crippen molar-refractivity contribution in [3.63, 3.8) is 0 Å². The van der Waals surface area contributed by atoms with Gasteiger partial charge in [0.05, 0.1) is 37.4 Å². The number of carbonyl (C=O) groups excluding carboxylic acids is 2. The van der Waals surface area contributed by atoms with Gasteiger partial charge >= 0.3 is 5.97 Å². The summed E-state index contributed by atoms with van der Waals surface area (Å²) in [7, 11) is -0.696. The molecule has 0 aliphatic heterocycles. The van der Waals surface area contributed by atoms with E-state index in [-0.39, 0.29) is 16.6 Å². The molecule has 0 atom stereocenters. The van der Waals surface area contributed by atoms with Crippen molar-refractivity contribution >= 4 is 20.2 Å². The first kappa shape index (κ1) is 27.3. The number of oxazole rings is 1. The van der Waals surface area contributed by atoms with Crippen LogP contribution in [0.1, 0.15) is 53.3 Å². The van der Waals surface area contributed by atoms with Crippen LogP contribution in [0.3, 0.4) is 0 Å². The third kappa shape index (κ3) is 6.27. The first-order chi connectivity index (χ1) is 16.9. The quantitative estimate of drug-likeness (QED) is 0.295. The largest absolute Gasteiger partial charge is 0.464 e. The van der Waals surface area contributed by atoms with Crippen LogP contribution in [-0.2, 0) is 15.6 Å². The molecule has 0 saturated heterocycles. The molecule has 36 heavy (non-hydrogen) atoms. The lowest BCUT2D eigenvalue weighted by atomic mass is 10.1. The van der Waals surface area contributed by atoms with Crippen molar-refractivity contribution < 1.29 is 23.2 Å². The van der Waals surface area contributed by atoms with Crippen LogP contribution in [0.15, 0.2) is 41.1 Å². The number of rotatable bonds is 10. The summed E-state index contributed by atoms with van der Waals surface area (Å²) < 4.78 is 16.8. The maximum absolute atomic E-state index is 13.7. The molecule has 1 aromatic carbocycles. The molecule has 194 valence electrons. The molecule has 11 heteroatoms. The normalized spacial score (nSPS) is 12.0. The summed E-state index contributed by atoms with van der Waals surface area (Å²) in [6.07, 6.45) is 3.46. The molecule has 0 unspecified atom stereocenters. The number of nitrogens with zero attached hydrogens (tertiary/aromatic N) is 5. The Hall–Kier alpha value is -3.31. The first-order valence-corrected chi connectivity index (χ1v) is 14.8. The Morgan fingerprint density at radius 3 is 2.42 bits per heavy atom. The number of benzene rings is 1. The molecule has 0 fully saturated rings. The number of amides is 1. The number of hydrogen-bond donors (Lipinski definition) is 0. The third-order valence-electron chi connectivity index (χ3n) is 6.50. The van der Waals surface area contributed by atoms with Gasteiger partial charge in [-0.3, -0.25) is 4.79 Å². The molecule has 3 rings (SSSR count). The van der Waals surface area contributed by atoms with Crippen LogP contribution in [-0.4, -0.2) is 71.9 Å². The Kier molecular flexibility index (Phi) is 8.46. The lowest BCUT2D eigenvalue weighted by molar-refractivity contribution is 0.0592. The van der Waals surface area contributed by atoms with Gasteiger partial charge in [0.15, 0.2) is 19.9 Å². The van der Waals surface area contributed by atoms with E-state index < -0.39 is 14.3 Å². The highest BCUT2D eigenvalue weighted by molar-refractivity contribution is 6.74. The van der Waals surface area contributed by atoms with Crippen LogP contribution in [0.25, 0.3) is 5.69 Å². The fourth-order valence-electron chi connectivity index (χ4n) is 3.36. The zero-order chi connectivity index (χ0) is 26.5. The Balaban J connectivity index is 1.83. The molecule has 0 bridgehead atoms. The molecular weight excluding hydrogens is 478 g/mol. The van der Waals surface area contributed by atoms with E-state index in [0.717, 1.165) is 0 Å². The average Bonchev–Trinajstić information content (AvgIpc) is 3.49. The summed E-state index contributed by atoms with van der Waals surface area (Å²) in [6.45, 7) is 13.7. The summed E-state index contributed by atoms with van der Waals surface area (Å²) >= 11 is 0. The van der Waals surface area contributed by atoms with Gasteiger partial charge in [-0.2, -0.15) is 15.0 Å². The van der Waals surface area contributed by atoms with Crippen molar-refractivity contribution in [2.24, 2.45) is 0 Å². The predicted octanol–water partition coefficient (Wildman–Crippen LogP) is 4.06. The maximum Gasteiger partial charge on any atom is 0.360 e. The molecule has 0 N–H and O–H groups in total. The number of aryl methyl sites for hydroxylation is 1. The van der Waals surface area contributed by atoms with Crippen molar-refractivity contribution in [3.8, 4) is 5.69 Å². The number of methoxy groups -OCH3 is 1. The molecular formula is C25H35N5O5Si. The molecule has 2 heterocycles. The van der Waals surface area contributed by atoms with Gasteiger partial charge in [-0.1, -0.05) is 32.9 Å². The molecule has 3 aromatic rings. The summed E-state index contributed by atoms with van der Waals surface area (Å²) in [4.78, 5) is 33.1. The average molecular weight is 514 g/mol. The van der Waals surface area contributed by atoms with E-state index in [4.69, 9.17) is 13.6 Å². The van der Waals surface area contributed by atoms with Gasteiger partial charge in [-0.25, -0.2) is 9.78 Å². The summed E-state index contributed by atoms with van der Waals surface area (Å²) in [5.41, 5.74) is 1.20. The number of ether oxygens (including phenoxy) is 1. The van der Waals surface area contributed by atoms with E-state index in [1.54, 1.807) is 36.4 Å². The topological polar surface area (TPSA) is 113 Å². The lowest BCUT2D eigenvalue weighted by Gasteiger charge is -2.36. The van der Waals surface area contributed by atoms with Gasteiger partial charge in [0.25, 0.3) is 5.91 Å². The van der Waals surface area contributed by atoms with Gasteiger partial charge in [0.2, 0.25) is 0 Å². The molecule has 0 aliphatic carbocycles. The van der Waals surface area contributed by atoms with Gasteiger partial charge in [-0.05, 0) is 37.2 Å². The van der Waals surface area contributed by atoms with E-state index >= 15 is 0 Å². The fourth-order valence-corrected chi connectivity index (χ4v) is 4.39. The summed E-state index contributed by atoms with van der Waals surface area (Å²) in [6, 6.07) is 7.21. The molecule has 10 nitrogen and oxygen atoms in total. The maximum atomic E-state index is 13.7. The lowest BCUT2D eigenvalue weighted by Crippen LogP contribution is -2.44. The molecule has 2 aromatic heterocycles. The molecule has 0 spiro atoms. The van der Waals surface area contributed by atoms with Gasteiger partial charge < -0.3 is 18.5 Å². The number of para-hydroxylation sites is 1. The van der Waals surface area contributed by atoms with Gasteiger partial charge in [0, 0.05) is 19.5 Å². The van der Waals surface area contributed by atoms with Crippen LogP contribution in [0.2, 0.25) is 18.1 Å². The standard InChI is InChI=1S/C25H35N5O5Si/c1-18-22(24(32)33-5)28-21(35-18)12-15-29(16-17-34-36(6,7)25(2,3)4)23(31)19-10-8-9-11-20(19)30-26-13-14-27-30/h8-11,13-14H,12,15-17H2,1-7H3. The monoisotopic (exact) mass is 513 g/mol. The molecule has 0 radical (unpaired) electrons. The van der Waals surface area contributed by atoms with Crippen LogP contribution in [0.4, 0.5) is 0 Å². The van der Waals surface area contributed by atoms with Crippen LogP contribution >= 0.6 is 0 Å². The molecule has 0 saturated carbocycles. The highest BCUT2D eigenvalue weighted by Crippen LogP contribution is 2.36. The minimum atomic E-state index is -1.99. The summed E-state index contributed by atoms with van der Waals surface area (Å²) in [5, 5.41) is 8.43. The number of esters is 1. The van der Waals surface area contributed by atoms with Gasteiger partial charge in [-0.15, -0.1) is 0 Å². The second-order valence-corrected chi connectivity index (χ2v) is 14.8. The van der Waals surface area contributed by atoms with Crippen molar-refractivity contribution in [2.75, 3.05) is 26.8 Å². The van der Waals surface area contributed by atoms with Crippen molar-refractivity contribution in [1.29, 1.82) is 0 Å². The Morgan fingerprint density at radius 2 is 1.78 bits per heavy atom. The van der Waals surface area contributed by atoms with Crippen LogP contribution < -0.4 is 0 Å². The Bertz CT molecular complexity index is 1180. The minimum Gasteiger partial charge on any atom is -0.464 e. The third-order valence-corrected chi connectivity index (χ3v) is 11.0. The number of carbonyl (C=O) groups is 2. The predicted molar refractivity (Wildman–Crippen MR) is 137 cm³/mol. The summed E-state index contributed by atoms with van der Waals surface area (Å²) in [5.74, 6) is 0.00110. The van der Waals surface area contributed by atoms with Crippen molar-refractivity contribution in [1.82, 2.24) is 24.9 Å². The second kappa shape index (κ2) is 11.2. The second-order valence-electron chi connectivity index (χ2n) is 9.99. The van der Waals surface area contributed by atoms with Crippen molar-refractivity contribution in [3.05, 3.63) is 59.6 Å². The van der Waals surface area contributed by atoms with Crippen molar-refractivity contribution in [2.45, 2.75) is 52.2 Å². The highest BCUT2D eigenvalue weighted by Gasteiger charge is 2.37. The zero-order valence-corrected chi connectivity index (χ0v) is 23.1. The van der Waals surface area contributed by atoms with E-state index in [9.17, 15) is 9.59 Å². The van der Waals surface area contributed by atoms with Crippen LogP contribution in [0, 0.1) is 6.92 Å². The first-order valence-electron chi connectivity index (χ1n) is 11.9. The Labute approximate surface area is 212 Å². The van der Waals surface area contributed by atoms with E-state index in [0.29, 0.717) is 49.0 Å². The van der Waals surface area contributed by atoms with E-state index in [1.807, 2.05) is 12.1 Å².